The zero-order valence-electron chi connectivity index (χ0n) is 19.7. The highest BCUT2D eigenvalue weighted by molar-refractivity contribution is 8.03. The van der Waals surface area contributed by atoms with E-state index in [0.29, 0.717) is 39.0 Å². The fraction of sp³-hybridized carbons (Fsp3) is 0.148. The Morgan fingerprint density at radius 2 is 1.78 bits per heavy atom. The van der Waals surface area contributed by atoms with Crippen LogP contribution in [-0.4, -0.2) is 24.7 Å². The topological polar surface area (TPSA) is 103 Å². The minimum atomic E-state index is -0.535. The summed E-state index contributed by atoms with van der Waals surface area (Å²) in [5.74, 6) is -0.230. The first-order valence-electron chi connectivity index (χ1n) is 11.1. The van der Waals surface area contributed by atoms with Gasteiger partial charge in [0.2, 0.25) is 5.91 Å². The molecule has 7 nitrogen and oxygen atoms in total. The maximum Gasteiger partial charge on any atom is 0.254 e. The number of allylic oxidation sites excluding steroid dienone is 2. The van der Waals surface area contributed by atoms with E-state index in [1.54, 1.807) is 31.4 Å². The lowest BCUT2D eigenvalue weighted by Gasteiger charge is -2.29. The van der Waals surface area contributed by atoms with Crippen LogP contribution in [0.15, 0.2) is 94.0 Å². The number of nitrogens with zero attached hydrogens (tertiary/aromatic N) is 1. The molecular weight excluding hydrogens is 492 g/mol. The Balaban J connectivity index is 1.55. The Morgan fingerprint density at radius 3 is 2.42 bits per heavy atom. The summed E-state index contributed by atoms with van der Waals surface area (Å²) >= 11 is 2.72. The summed E-state index contributed by atoms with van der Waals surface area (Å²) in [6, 6.07) is 22.4. The van der Waals surface area contributed by atoms with Crippen LogP contribution in [0.4, 0.5) is 11.4 Å². The summed E-state index contributed by atoms with van der Waals surface area (Å²) in [6.07, 6.45) is 0. The number of carbonyl (C=O) groups is 2. The van der Waals surface area contributed by atoms with Crippen LogP contribution in [0.5, 0.6) is 5.75 Å². The first kappa shape index (κ1) is 25.1. The van der Waals surface area contributed by atoms with Crippen LogP contribution in [0.2, 0.25) is 0 Å². The number of thiophene rings is 1. The van der Waals surface area contributed by atoms with Crippen LogP contribution < -0.4 is 20.7 Å². The van der Waals surface area contributed by atoms with Gasteiger partial charge in [-0.1, -0.05) is 36.0 Å². The summed E-state index contributed by atoms with van der Waals surface area (Å²) in [6.45, 7) is 1.81. The monoisotopic (exact) mass is 516 g/mol. The van der Waals surface area contributed by atoms with Crippen molar-refractivity contribution in [3.05, 3.63) is 98.9 Å². The van der Waals surface area contributed by atoms with Crippen LogP contribution in [0, 0.1) is 11.3 Å². The van der Waals surface area contributed by atoms with Crippen LogP contribution >= 0.6 is 23.1 Å². The van der Waals surface area contributed by atoms with Gasteiger partial charge in [0.05, 0.1) is 35.5 Å². The number of anilines is 2. The van der Waals surface area contributed by atoms with Crippen molar-refractivity contribution < 1.29 is 14.3 Å². The molecule has 1 aliphatic rings. The molecule has 182 valence electrons. The lowest BCUT2D eigenvalue weighted by atomic mass is 9.86. The van der Waals surface area contributed by atoms with Gasteiger partial charge >= 0.3 is 0 Å². The maximum atomic E-state index is 13.4. The van der Waals surface area contributed by atoms with Crippen molar-refractivity contribution in [2.45, 2.75) is 12.8 Å². The fourth-order valence-electron chi connectivity index (χ4n) is 3.80. The second-order valence-corrected chi connectivity index (χ2v) is 9.82. The van der Waals surface area contributed by atoms with E-state index in [1.165, 1.54) is 23.1 Å². The number of hydrogen-bond donors (Lipinski definition) is 3. The maximum absolute atomic E-state index is 13.4. The van der Waals surface area contributed by atoms with Gasteiger partial charge in [-0.2, -0.15) is 5.26 Å². The van der Waals surface area contributed by atoms with Crippen molar-refractivity contribution >= 4 is 46.3 Å². The Labute approximate surface area is 217 Å². The number of rotatable bonds is 8. The van der Waals surface area contributed by atoms with Gasteiger partial charge in [-0.15, -0.1) is 11.3 Å². The van der Waals surface area contributed by atoms with E-state index in [9.17, 15) is 14.9 Å². The number of thioether (sulfide) groups is 1. The molecule has 0 saturated heterocycles. The van der Waals surface area contributed by atoms with Crippen LogP contribution in [0.3, 0.4) is 0 Å². The van der Waals surface area contributed by atoms with Crippen molar-refractivity contribution in [2.24, 2.45) is 0 Å². The normalized spacial score (nSPS) is 15.1. The van der Waals surface area contributed by atoms with Gasteiger partial charge in [-0.05, 0) is 54.8 Å². The lowest BCUT2D eigenvalue weighted by Crippen LogP contribution is -2.30. The van der Waals surface area contributed by atoms with Gasteiger partial charge in [-0.25, -0.2) is 0 Å². The molecule has 0 unspecified atom stereocenters. The van der Waals surface area contributed by atoms with E-state index < -0.39 is 5.92 Å². The van der Waals surface area contributed by atoms with Crippen molar-refractivity contribution in [1.29, 1.82) is 5.26 Å². The number of para-hydroxylation sites is 1. The Bertz CT molecular complexity index is 1340. The molecule has 0 spiro atoms. The highest BCUT2D eigenvalue weighted by atomic mass is 32.2. The molecule has 4 rings (SSSR count). The molecule has 3 N–H and O–H groups in total. The van der Waals surface area contributed by atoms with Gasteiger partial charge in [0, 0.05) is 27.5 Å². The van der Waals surface area contributed by atoms with Crippen LogP contribution in [-0.2, 0) is 9.59 Å². The third-order valence-electron chi connectivity index (χ3n) is 5.47. The molecule has 0 radical (unpaired) electrons. The SMILES string of the molecule is COc1ccc(NC(=O)CSC2=C(C#N)[C@H](c3cccs3)C(C(=O)Nc3ccccc3)=C(C)N2)cc1. The van der Waals surface area contributed by atoms with Gasteiger partial charge in [0.1, 0.15) is 5.75 Å². The number of methoxy groups -OCH3 is 1. The summed E-state index contributed by atoms with van der Waals surface area (Å²) in [7, 11) is 1.58. The largest absolute Gasteiger partial charge is 0.497 e. The third-order valence-corrected chi connectivity index (χ3v) is 7.43. The molecule has 1 atom stereocenters. The number of carbonyl (C=O) groups excluding carboxylic acids is 2. The second kappa shape index (κ2) is 11.6. The molecule has 2 heterocycles. The number of nitriles is 1. The molecule has 0 bridgehead atoms. The van der Waals surface area contributed by atoms with E-state index in [4.69, 9.17) is 4.74 Å². The first-order valence-corrected chi connectivity index (χ1v) is 12.9. The van der Waals surface area contributed by atoms with Crippen molar-refractivity contribution in [3.8, 4) is 11.8 Å². The quantitative estimate of drug-likeness (QED) is 0.367. The molecule has 1 aliphatic heterocycles. The van der Waals surface area contributed by atoms with E-state index in [-0.39, 0.29) is 17.6 Å². The Morgan fingerprint density at radius 1 is 1.06 bits per heavy atom. The number of amides is 2. The minimum absolute atomic E-state index is 0.0928. The highest BCUT2D eigenvalue weighted by Gasteiger charge is 2.35. The average Bonchev–Trinajstić information content (AvgIpc) is 3.42. The molecule has 9 heteroatoms. The summed E-state index contributed by atoms with van der Waals surface area (Å²) in [5, 5.41) is 21.6. The minimum Gasteiger partial charge on any atom is -0.497 e. The zero-order valence-corrected chi connectivity index (χ0v) is 21.3. The molecule has 2 amide bonds. The molecule has 2 aromatic carbocycles. The van der Waals surface area contributed by atoms with Gasteiger partial charge in [0.25, 0.3) is 5.91 Å². The zero-order chi connectivity index (χ0) is 25.5. The predicted octanol–water partition coefficient (Wildman–Crippen LogP) is 5.46. The van der Waals surface area contributed by atoms with Crippen LogP contribution in [0.25, 0.3) is 0 Å². The summed E-state index contributed by atoms with van der Waals surface area (Å²) in [5.41, 5.74) is 2.85. The van der Waals surface area contributed by atoms with Crippen molar-refractivity contribution in [3.63, 3.8) is 0 Å². The first-order chi connectivity index (χ1) is 17.5. The molecular formula is C27H24N4O3S2. The fourth-order valence-corrected chi connectivity index (χ4v) is 5.53. The summed E-state index contributed by atoms with van der Waals surface area (Å²) < 4.78 is 5.14. The van der Waals surface area contributed by atoms with E-state index in [1.807, 2.05) is 54.8 Å². The van der Waals surface area contributed by atoms with E-state index in [0.717, 1.165) is 4.88 Å². The van der Waals surface area contributed by atoms with Gasteiger partial charge in [0.15, 0.2) is 0 Å². The molecule has 36 heavy (non-hydrogen) atoms. The molecule has 3 aromatic rings. The Hall–Kier alpha value is -4.00. The Kier molecular flexibility index (Phi) is 8.10. The van der Waals surface area contributed by atoms with Gasteiger partial charge < -0.3 is 20.7 Å². The molecule has 0 fully saturated rings. The molecule has 0 saturated carbocycles. The number of ether oxygens (including phenoxy) is 1. The number of hydrogen-bond acceptors (Lipinski definition) is 7. The third kappa shape index (κ3) is 5.79. The molecule has 0 aliphatic carbocycles. The second-order valence-electron chi connectivity index (χ2n) is 7.85. The number of benzene rings is 2. The number of nitrogens with one attached hydrogen (secondary N) is 3. The lowest BCUT2D eigenvalue weighted by molar-refractivity contribution is -0.114. The highest BCUT2D eigenvalue weighted by Crippen LogP contribution is 2.42. The smallest absolute Gasteiger partial charge is 0.254 e. The molecule has 1 aromatic heterocycles. The van der Waals surface area contributed by atoms with Crippen molar-refractivity contribution in [2.75, 3.05) is 23.5 Å². The standard InChI is InChI=1S/C27H24N4O3S2/c1-17-24(26(33)31-18-7-4-3-5-8-18)25(22-9-6-14-35-22)21(15-28)27(29-17)36-16-23(32)30-19-10-12-20(34-2)13-11-19/h3-14,25,29H,16H2,1-2H3,(H,30,32)(H,31,33)/t25-/m1/s1. The average molecular weight is 517 g/mol. The van der Waals surface area contributed by atoms with Gasteiger partial charge in [-0.3, -0.25) is 9.59 Å². The van der Waals surface area contributed by atoms with Crippen LogP contribution in [0.1, 0.15) is 17.7 Å². The van der Waals surface area contributed by atoms with E-state index in [2.05, 4.69) is 22.0 Å². The predicted molar refractivity (Wildman–Crippen MR) is 145 cm³/mol. The van der Waals surface area contributed by atoms with E-state index >= 15 is 0 Å². The number of dihydropyridines is 1. The van der Waals surface area contributed by atoms with Crippen molar-refractivity contribution in [1.82, 2.24) is 5.32 Å². The summed E-state index contributed by atoms with van der Waals surface area (Å²) in [4.78, 5) is 26.8.